The molecule has 4 N–H and O–H groups in total. The lowest BCUT2D eigenvalue weighted by molar-refractivity contribution is 0.265. The molecule has 1 atom stereocenters. The molecule has 0 aliphatic rings. The molecule has 0 amide bonds. The number of hydrogen-bond acceptors (Lipinski definition) is 5. The van der Waals surface area contributed by atoms with Crippen LogP contribution in [0.15, 0.2) is 23.1 Å². The third-order valence-corrected chi connectivity index (χ3v) is 3.73. The average Bonchev–Trinajstić information content (AvgIpc) is 2.28. The Balaban J connectivity index is 3.04. The van der Waals surface area contributed by atoms with Gasteiger partial charge in [-0.3, -0.25) is 0 Å². The van der Waals surface area contributed by atoms with Crippen LogP contribution in [-0.4, -0.2) is 33.3 Å². The molecule has 0 unspecified atom stereocenters. The van der Waals surface area contributed by atoms with Crippen molar-refractivity contribution in [3.05, 3.63) is 18.2 Å². The van der Waals surface area contributed by atoms with Crippen molar-refractivity contribution in [2.75, 3.05) is 19.5 Å². The van der Waals surface area contributed by atoms with Crippen molar-refractivity contribution in [3.63, 3.8) is 0 Å². The number of ether oxygens (including phenoxy) is 1. The Morgan fingerprint density at radius 3 is 2.65 bits per heavy atom. The zero-order chi connectivity index (χ0) is 13.1. The van der Waals surface area contributed by atoms with Gasteiger partial charge in [-0.25, -0.2) is 13.1 Å². The third kappa shape index (κ3) is 3.32. The molecule has 1 aromatic carbocycles. The van der Waals surface area contributed by atoms with E-state index in [4.69, 9.17) is 15.6 Å². The van der Waals surface area contributed by atoms with Gasteiger partial charge < -0.3 is 15.6 Å². The molecular formula is C10H16N2O4S. The van der Waals surface area contributed by atoms with Crippen LogP contribution in [0.3, 0.4) is 0 Å². The summed E-state index contributed by atoms with van der Waals surface area (Å²) in [5.41, 5.74) is 5.87. The minimum Gasteiger partial charge on any atom is -0.495 e. The third-order valence-electron chi connectivity index (χ3n) is 2.14. The Morgan fingerprint density at radius 2 is 2.18 bits per heavy atom. The first-order chi connectivity index (χ1) is 7.90. The van der Waals surface area contributed by atoms with Gasteiger partial charge in [0.2, 0.25) is 10.0 Å². The van der Waals surface area contributed by atoms with E-state index < -0.39 is 16.1 Å². The monoisotopic (exact) mass is 260 g/mol. The highest BCUT2D eigenvalue weighted by atomic mass is 32.2. The number of rotatable bonds is 5. The summed E-state index contributed by atoms with van der Waals surface area (Å²) in [6, 6.07) is 3.63. The summed E-state index contributed by atoms with van der Waals surface area (Å²) in [5, 5.41) is 8.81. The SMILES string of the molecule is COc1ccc(S(=O)(=O)N[C@H](C)CO)cc1N. The van der Waals surface area contributed by atoms with Crippen molar-refractivity contribution in [2.45, 2.75) is 17.9 Å². The van der Waals surface area contributed by atoms with Crippen molar-refractivity contribution in [1.82, 2.24) is 4.72 Å². The van der Waals surface area contributed by atoms with Gasteiger partial charge in [0.25, 0.3) is 0 Å². The quantitative estimate of drug-likeness (QED) is 0.644. The molecule has 0 saturated carbocycles. The van der Waals surface area contributed by atoms with E-state index in [2.05, 4.69) is 4.72 Å². The van der Waals surface area contributed by atoms with Crippen LogP contribution in [0.1, 0.15) is 6.92 Å². The number of sulfonamides is 1. The lowest BCUT2D eigenvalue weighted by Crippen LogP contribution is -2.35. The van der Waals surface area contributed by atoms with E-state index in [1.807, 2.05) is 0 Å². The molecule has 6 nitrogen and oxygen atoms in total. The Bertz CT molecular complexity index is 487. The van der Waals surface area contributed by atoms with Crippen LogP contribution in [0, 0.1) is 0 Å². The van der Waals surface area contributed by atoms with Gasteiger partial charge in [-0.05, 0) is 25.1 Å². The molecule has 7 heteroatoms. The predicted molar refractivity (Wildman–Crippen MR) is 64.3 cm³/mol. The van der Waals surface area contributed by atoms with Crippen molar-refractivity contribution >= 4 is 15.7 Å². The summed E-state index contributed by atoms with van der Waals surface area (Å²) in [5.74, 6) is 0.416. The number of aliphatic hydroxyl groups excluding tert-OH is 1. The van der Waals surface area contributed by atoms with Gasteiger partial charge >= 0.3 is 0 Å². The van der Waals surface area contributed by atoms with Gasteiger partial charge in [0, 0.05) is 6.04 Å². The van der Waals surface area contributed by atoms with Gasteiger partial charge in [0.15, 0.2) is 0 Å². The molecule has 1 rings (SSSR count). The van der Waals surface area contributed by atoms with Crippen LogP contribution in [0.4, 0.5) is 5.69 Å². The molecule has 0 radical (unpaired) electrons. The van der Waals surface area contributed by atoms with E-state index >= 15 is 0 Å². The van der Waals surface area contributed by atoms with Gasteiger partial charge in [-0.15, -0.1) is 0 Å². The fraction of sp³-hybridized carbons (Fsp3) is 0.400. The lowest BCUT2D eigenvalue weighted by Gasteiger charge is -2.12. The second-order valence-corrected chi connectivity index (χ2v) is 5.32. The zero-order valence-corrected chi connectivity index (χ0v) is 10.5. The number of methoxy groups -OCH3 is 1. The summed E-state index contributed by atoms with van der Waals surface area (Å²) in [6.07, 6.45) is 0. The fourth-order valence-electron chi connectivity index (χ4n) is 1.25. The van der Waals surface area contributed by atoms with E-state index in [0.717, 1.165) is 0 Å². The molecule has 17 heavy (non-hydrogen) atoms. The van der Waals surface area contributed by atoms with Crippen molar-refractivity contribution in [3.8, 4) is 5.75 Å². The maximum atomic E-state index is 11.8. The van der Waals surface area contributed by atoms with E-state index in [1.54, 1.807) is 6.92 Å². The Hall–Kier alpha value is -1.31. The summed E-state index contributed by atoms with van der Waals surface area (Å²) in [7, 11) is -2.21. The van der Waals surface area contributed by atoms with Crippen LogP contribution in [0.25, 0.3) is 0 Å². The van der Waals surface area contributed by atoms with Gasteiger partial charge in [0.1, 0.15) is 5.75 Å². The fourth-order valence-corrected chi connectivity index (χ4v) is 2.52. The molecule has 0 spiro atoms. The molecular weight excluding hydrogens is 244 g/mol. The molecule has 0 bridgehead atoms. The number of nitrogen functional groups attached to an aromatic ring is 1. The minimum atomic E-state index is -3.66. The number of benzene rings is 1. The second-order valence-electron chi connectivity index (χ2n) is 3.61. The van der Waals surface area contributed by atoms with Gasteiger partial charge in [-0.1, -0.05) is 0 Å². The summed E-state index contributed by atoms with van der Waals surface area (Å²) >= 11 is 0. The summed E-state index contributed by atoms with van der Waals surface area (Å²) in [6.45, 7) is 1.29. The Kier molecular flexibility index (Phi) is 4.33. The number of nitrogens with one attached hydrogen (secondary N) is 1. The number of hydrogen-bond donors (Lipinski definition) is 3. The maximum Gasteiger partial charge on any atom is 0.240 e. The van der Waals surface area contributed by atoms with Crippen LogP contribution in [0.2, 0.25) is 0 Å². The van der Waals surface area contributed by atoms with E-state index in [9.17, 15) is 8.42 Å². The smallest absolute Gasteiger partial charge is 0.240 e. The Morgan fingerprint density at radius 1 is 1.53 bits per heavy atom. The highest BCUT2D eigenvalue weighted by molar-refractivity contribution is 7.89. The molecule has 1 aromatic rings. The predicted octanol–water partition coefficient (Wildman–Crippen LogP) is -0.0635. The first kappa shape index (κ1) is 13.8. The van der Waals surface area contributed by atoms with Gasteiger partial charge in [0.05, 0.1) is 24.3 Å². The molecule has 0 aliphatic heterocycles. The zero-order valence-electron chi connectivity index (χ0n) is 9.67. The van der Waals surface area contributed by atoms with E-state index in [0.29, 0.717) is 5.75 Å². The average molecular weight is 260 g/mol. The van der Waals surface area contributed by atoms with Crippen molar-refractivity contribution in [1.29, 1.82) is 0 Å². The normalized spacial score (nSPS) is 13.4. The molecule has 0 aliphatic carbocycles. The first-order valence-electron chi connectivity index (χ1n) is 4.97. The molecule has 0 aromatic heterocycles. The largest absolute Gasteiger partial charge is 0.495 e. The highest BCUT2D eigenvalue weighted by Gasteiger charge is 2.17. The van der Waals surface area contributed by atoms with E-state index in [-0.39, 0.29) is 17.2 Å². The summed E-state index contributed by atoms with van der Waals surface area (Å²) < 4.78 is 30.9. The van der Waals surface area contributed by atoms with Crippen LogP contribution < -0.4 is 15.2 Å². The second kappa shape index (κ2) is 5.35. The number of nitrogens with two attached hydrogens (primary N) is 1. The van der Waals surface area contributed by atoms with Gasteiger partial charge in [-0.2, -0.15) is 0 Å². The van der Waals surface area contributed by atoms with Crippen molar-refractivity contribution in [2.24, 2.45) is 0 Å². The standard InChI is InChI=1S/C10H16N2O4S/c1-7(6-13)12-17(14,15)8-3-4-10(16-2)9(11)5-8/h3-5,7,12-13H,6,11H2,1-2H3/t7-/m1/s1. The maximum absolute atomic E-state index is 11.8. The minimum absolute atomic E-state index is 0.0381. The first-order valence-corrected chi connectivity index (χ1v) is 6.45. The molecule has 0 fully saturated rings. The van der Waals surface area contributed by atoms with Crippen LogP contribution >= 0.6 is 0 Å². The number of anilines is 1. The number of aliphatic hydroxyl groups is 1. The highest BCUT2D eigenvalue weighted by Crippen LogP contribution is 2.24. The molecule has 96 valence electrons. The van der Waals surface area contributed by atoms with Crippen LogP contribution in [0.5, 0.6) is 5.75 Å². The van der Waals surface area contributed by atoms with E-state index in [1.165, 1.54) is 25.3 Å². The van der Waals surface area contributed by atoms with Crippen LogP contribution in [-0.2, 0) is 10.0 Å². The van der Waals surface area contributed by atoms with Crippen molar-refractivity contribution < 1.29 is 18.3 Å². The molecule has 0 saturated heterocycles. The lowest BCUT2D eigenvalue weighted by atomic mass is 10.3. The Labute approximate surface area is 100 Å². The molecule has 0 heterocycles. The topological polar surface area (TPSA) is 102 Å². The summed E-state index contributed by atoms with van der Waals surface area (Å²) in [4.78, 5) is 0.0381.